The van der Waals surface area contributed by atoms with Crippen LogP contribution in [0.3, 0.4) is 0 Å². The molecule has 1 aliphatic heterocycles. The molecule has 64 valence electrons. The number of fused-ring (bicyclic) bond motifs is 1. The average molecular weight is 167 g/mol. The molecule has 5 nitrogen and oxygen atoms in total. The van der Waals surface area contributed by atoms with Crippen molar-refractivity contribution in [1.82, 2.24) is 10.2 Å². The minimum absolute atomic E-state index is 0.335. The fraction of sp³-hybridized carbons (Fsp3) is 0.429. The first-order valence-corrected chi connectivity index (χ1v) is 3.76. The molecule has 1 atom stereocenters. The maximum absolute atomic E-state index is 10.6. The van der Waals surface area contributed by atoms with Gasteiger partial charge in [0.2, 0.25) is 0 Å². The van der Waals surface area contributed by atoms with Crippen LogP contribution in [0.4, 0.5) is 5.69 Å². The van der Waals surface area contributed by atoms with Gasteiger partial charge in [0.15, 0.2) is 0 Å². The van der Waals surface area contributed by atoms with Crippen LogP contribution in [0.1, 0.15) is 5.69 Å². The van der Waals surface area contributed by atoms with Crippen LogP contribution >= 0.6 is 0 Å². The van der Waals surface area contributed by atoms with E-state index < -0.39 is 5.97 Å². The molecule has 0 spiro atoms. The number of nitrogens with one attached hydrogen (secondary N) is 2. The Morgan fingerprint density at radius 1 is 1.75 bits per heavy atom. The van der Waals surface area contributed by atoms with E-state index in [1.807, 2.05) is 0 Å². The van der Waals surface area contributed by atoms with E-state index >= 15 is 0 Å². The monoisotopic (exact) mass is 167 g/mol. The average Bonchev–Trinajstić information content (AvgIpc) is 2.49. The highest BCUT2D eigenvalue weighted by Gasteiger charge is 2.24. The third-order valence-electron chi connectivity index (χ3n) is 2.06. The quantitative estimate of drug-likeness (QED) is 0.553. The Kier molecular flexibility index (Phi) is 1.49. The van der Waals surface area contributed by atoms with Crippen LogP contribution in [-0.2, 0) is 11.2 Å². The molecule has 1 aromatic rings. The lowest BCUT2D eigenvalue weighted by Crippen LogP contribution is -2.29. The zero-order chi connectivity index (χ0) is 8.55. The predicted molar refractivity (Wildman–Crippen MR) is 41.9 cm³/mol. The normalized spacial score (nSPS) is 21.2. The number of carboxylic acids is 1. The van der Waals surface area contributed by atoms with Gasteiger partial charge in [0.05, 0.1) is 23.5 Å². The van der Waals surface area contributed by atoms with Gasteiger partial charge in [0, 0.05) is 13.0 Å². The maximum atomic E-state index is 10.6. The van der Waals surface area contributed by atoms with E-state index in [9.17, 15) is 4.79 Å². The standard InChI is InChI=1S/C7H9N3O2/c11-7(12)4-1-5-6(8-2-4)3-9-10-5/h3-4,8H,1-2H2,(H,9,10)(H,11,12). The highest BCUT2D eigenvalue weighted by atomic mass is 16.4. The van der Waals surface area contributed by atoms with Gasteiger partial charge in [0.1, 0.15) is 0 Å². The van der Waals surface area contributed by atoms with Crippen molar-refractivity contribution < 1.29 is 9.90 Å². The third-order valence-corrected chi connectivity index (χ3v) is 2.06. The third kappa shape index (κ3) is 1.03. The van der Waals surface area contributed by atoms with Crippen molar-refractivity contribution in [3.63, 3.8) is 0 Å². The molecule has 2 rings (SSSR count). The summed E-state index contributed by atoms with van der Waals surface area (Å²) in [5.41, 5.74) is 1.81. The maximum Gasteiger partial charge on any atom is 0.308 e. The Labute approximate surface area is 68.8 Å². The molecule has 1 unspecified atom stereocenters. The summed E-state index contributed by atoms with van der Waals surface area (Å²) in [7, 11) is 0. The minimum atomic E-state index is -0.761. The summed E-state index contributed by atoms with van der Waals surface area (Å²) >= 11 is 0. The van der Waals surface area contributed by atoms with E-state index in [1.165, 1.54) is 0 Å². The number of hydrogen-bond donors (Lipinski definition) is 3. The van der Waals surface area contributed by atoms with Crippen LogP contribution in [0.2, 0.25) is 0 Å². The molecule has 0 aliphatic carbocycles. The predicted octanol–water partition coefficient (Wildman–Crippen LogP) is 0.0785. The fourth-order valence-corrected chi connectivity index (χ4v) is 1.35. The van der Waals surface area contributed by atoms with Gasteiger partial charge < -0.3 is 10.4 Å². The molecule has 0 saturated carbocycles. The van der Waals surface area contributed by atoms with Crippen molar-refractivity contribution in [2.75, 3.05) is 11.9 Å². The molecule has 3 N–H and O–H groups in total. The fourth-order valence-electron chi connectivity index (χ4n) is 1.35. The molecule has 12 heavy (non-hydrogen) atoms. The van der Waals surface area contributed by atoms with E-state index in [4.69, 9.17) is 5.11 Å². The summed E-state index contributed by atoms with van der Waals surface area (Å²) < 4.78 is 0. The van der Waals surface area contributed by atoms with Gasteiger partial charge in [-0.3, -0.25) is 9.89 Å². The zero-order valence-electron chi connectivity index (χ0n) is 6.37. The molecule has 0 fully saturated rings. The van der Waals surface area contributed by atoms with Crippen LogP contribution in [-0.4, -0.2) is 27.8 Å². The lowest BCUT2D eigenvalue weighted by Gasteiger charge is -2.19. The highest BCUT2D eigenvalue weighted by molar-refractivity contribution is 5.72. The van der Waals surface area contributed by atoms with E-state index in [-0.39, 0.29) is 5.92 Å². The zero-order valence-corrected chi connectivity index (χ0v) is 6.37. The Hall–Kier alpha value is -1.52. The second-order valence-corrected chi connectivity index (χ2v) is 2.88. The van der Waals surface area contributed by atoms with Crippen molar-refractivity contribution in [3.05, 3.63) is 11.9 Å². The molecule has 0 radical (unpaired) electrons. The first-order valence-electron chi connectivity index (χ1n) is 3.76. The molecule has 0 bridgehead atoms. The van der Waals surface area contributed by atoms with Gasteiger partial charge in [-0.05, 0) is 0 Å². The topological polar surface area (TPSA) is 78.0 Å². The second kappa shape index (κ2) is 2.51. The molecule has 0 saturated heterocycles. The first-order chi connectivity index (χ1) is 5.77. The molecule has 5 heteroatoms. The molecular formula is C7H9N3O2. The number of aromatic nitrogens is 2. The lowest BCUT2D eigenvalue weighted by molar-refractivity contribution is -0.141. The van der Waals surface area contributed by atoms with Gasteiger partial charge in [-0.2, -0.15) is 5.10 Å². The molecule has 1 aromatic heterocycles. The minimum Gasteiger partial charge on any atom is -0.481 e. The van der Waals surface area contributed by atoms with Crippen molar-refractivity contribution in [2.45, 2.75) is 6.42 Å². The number of hydrogen-bond acceptors (Lipinski definition) is 3. The van der Waals surface area contributed by atoms with Gasteiger partial charge in [-0.15, -0.1) is 0 Å². The van der Waals surface area contributed by atoms with E-state index in [2.05, 4.69) is 15.5 Å². The molecular weight excluding hydrogens is 158 g/mol. The van der Waals surface area contributed by atoms with Gasteiger partial charge in [-0.1, -0.05) is 0 Å². The van der Waals surface area contributed by atoms with Gasteiger partial charge in [-0.25, -0.2) is 0 Å². The van der Waals surface area contributed by atoms with Crippen molar-refractivity contribution >= 4 is 11.7 Å². The number of aliphatic carboxylic acids is 1. The van der Waals surface area contributed by atoms with Gasteiger partial charge >= 0.3 is 5.97 Å². The SMILES string of the molecule is O=C(O)C1CNc2cn[nH]c2C1. The smallest absolute Gasteiger partial charge is 0.308 e. The largest absolute Gasteiger partial charge is 0.481 e. The van der Waals surface area contributed by atoms with E-state index in [1.54, 1.807) is 6.20 Å². The Balaban J connectivity index is 2.20. The number of carboxylic acid groups (broad SMARTS) is 1. The second-order valence-electron chi connectivity index (χ2n) is 2.88. The van der Waals surface area contributed by atoms with Crippen molar-refractivity contribution in [2.24, 2.45) is 5.92 Å². The van der Waals surface area contributed by atoms with Crippen LogP contribution in [0.15, 0.2) is 6.20 Å². The summed E-state index contributed by atoms with van der Waals surface area (Å²) in [5, 5.41) is 18.3. The summed E-state index contributed by atoms with van der Waals surface area (Å²) in [6.07, 6.45) is 2.21. The molecule has 0 aromatic carbocycles. The van der Waals surface area contributed by atoms with Crippen molar-refractivity contribution in [3.8, 4) is 0 Å². The Bertz CT molecular complexity index is 307. The number of H-pyrrole nitrogens is 1. The number of nitrogens with zero attached hydrogens (tertiary/aromatic N) is 1. The van der Waals surface area contributed by atoms with Gasteiger partial charge in [0.25, 0.3) is 0 Å². The number of carbonyl (C=O) groups is 1. The molecule has 1 aliphatic rings. The number of anilines is 1. The number of aromatic amines is 1. The van der Waals surface area contributed by atoms with E-state index in [0.29, 0.717) is 13.0 Å². The van der Waals surface area contributed by atoms with Crippen LogP contribution < -0.4 is 5.32 Å². The summed E-state index contributed by atoms with van der Waals surface area (Å²) in [6, 6.07) is 0. The summed E-state index contributed by atoms with van der Waals surface area (Å²) in [6.45, 7) is 0.488. The number of rotatable bonds is 1. The molecule has 0 amide bonds. The van der Waals surface area contributed by atoms with Crippen molar-refractivity contribution in [1.29, 1.82) is 0 Å². The lowest BCUT2D eigenvalue weighted by atomic mass is 9.99. The highest BCUT2D eigenvalue weighted by Crippen LogP contribution is 2.21. The Morgan fingerprint density at radius 2 is 2.58 bits per heavy atom. The summed E-state index contributed by atoms with van der Waals surface area (Å²) in [4.78, 5) is 10.6. The Morgan fingerprint density at radius 3 is 3.33 bits per heavy atom. The van der Waals surface area contributed by atoms with Crippen LogP contribution in [0, 0.1) is 5.92 Å². The molecule has 2 heterocycles. The van der Waals surface area contributed by atoms with E-state index in [0.717, 1.165) is 11.4 Å². The van der Waals surface area contributed by atoms with Crippen LogP contribution in [0.5, 0.6) is 0 Å². The first kappa shape index (κ1) is 7.15. The summed E-state index contributed by atoms with van der Waals surface area (Å²) in [5.74, 6) is -1.10. The van der Waals surface area contributed by atoms with Crippen LogP contribution in [0.25, 0.3) is 0 Å².